The Balaban J connectivity index is 1.75. The van der Waals surface area contributed by atoms with E-state index in [2.05, 4.69) is 15.4 Å². The topological polar surface area (TPSA) is 73.0 Å². The zero-order valence-corrected chi connectivity index (χ0v) is 14.9. The number of amides is 1. The lowest BCUT2D eigenvalue weighted by atomic mass is 9.95. The summed E-state index contributed by atoms with van der Waals surface area (Å²) in [5.74, 6) is 1.32. The Morgan fingerprint density at radius 1 is 1.24 bits per heavy atom. The van der Waals surface area contributed by atoms with Crippen molar-refractivity contribution in [1.82, 2.24) is 14.8 Å². The van der Waals surface area contributed by atoms with Crippen LogP contribution in [-0.4, -0.2) is 20.7 Å². The molecule has 0 saturated heterocycles. The summed E-state index contributed by atoms with van der Waals surface area (Å²) in [7, 11) is 0. The molecule has 1 amide bonds. The molecule has 0 aliphatic heterocycles. The van der Waals surface area contributed by atoms with Gasteiger partial charge in [-0.3, -0.25) is 9.48 Å². The van der Waals surface area contributed by atoms with Crippen LogP contribution in [0.4, 0.5) is 5.69 Å². The number of aryl methyl sites for hydroxylation is 1. The van der Waals surface area contributed by atoms with Gasteiger partial charge in [-0.25, -0.2) is 4.98 Å². The van der Waals surface area contributed by atoms with Crippen LogP contribution >= 0.6 is 0 Å². The fourth-order valence-electron chi connectivity index (χ4n) is 2.26. The second kappa shape index (κ2) is 6.55. The van der Waals surface area contributed by atoms with Gasteiger partial charge in [0.05, 0.1) is 6.54 Å². The first-order valence-corrected chi connectivity index (χ1v) is 8.18. The largest absolute Gasteiger partial charge is 0.441 e. The first kappa shape index (κ1) is 17.0. The van der Waals surface area contributed by atoms with Crippen LogP contribution < -0.4 is 5.32 Å². The molecule has 3 rings (SSSR count). The fourth-order valence-corrected chi connectivity index (χ4v) is 2.26. The molecule has 6 nitrogen and oxygen atoms in total. The van der Waals surface area contributed by atoms with E-state index in [9.17, 15) is 4.79 Å². The number of nitrogens with one attached hydrogen (secondary N) is 1. The predicted octanol–water partition coefficient (Wildman–Crippen LogP) is 3.88. The molecule has 0 aliphatic rings. The summed E-state index contributed by atoms with van der Waals surface area (Å²) >= 11 is 0. The van der Waals surface area contributed by atoms with Crippen LogP contribution in [0.5, 0.6) is 0 Å². The van der Waals surface area contributed by atoms with Gasteiger partial charge in [-0.15, -0.1) is 0 Å². The summed E-state index contributed by atoms with van der Waals surface area (Å²) in [5, 5.41) is 7.09. The second-order valence-corrected chi connectivity index (χ2v) is 7.01. The number of hydrogen-bond acceptors (Lipinski definition) is 4. The average Bonchev–Trinajstić information content (AvgIpc) is 3.18. The molecule has 2 heterocycles. The number of anilines is 1. The fraction of sp³-hybridized carbons (Fsp3) is 0.316. The van der Waals surface area contributed by atoms with Gasteiger partial charge in [0.25, 0.3) is 0 Å². The van der Waals surface area contributed by atoms with Crippen molar-refractivity contribution >= 4 is 11.6 Å². The van der Waals surface area contributed by atoms with Crippen molar-refractivity contribution in [1.29, 1.82) is 0 Å². The normalized spacial score (nSPS) is 11.5. The minimum absolute atomic E-state index is 0.0197. The number of rotatable bonds is 4. The molecule has 3 aromatic rings. The Labute approximate surface area is 146 Å². The zero-order valence-electron chi connectivity index (χ0n) is 14.9. The van der Waals surface area contributed by atoms with Crippen molar-refractivity contribution in [3.05, 3.63) is 54.2 Å². The highest BCUT2D eigenvalue weighted by Gasteiger charge is 2.21. The van der Waals surface area contributed by atoms with Gasteiger partial charge in [0.1, 0.15) is 11.5 Å². The Kier molecular flexibility index (Phi) is 4.44. The highest BCUT2D eigenvalue weighted by atomic mass is 16.4. The molecule has 0 atom stereocenters. The standard InChI is InChI=1S/C19H22N4O2/c1-13-16(12-23-11-5-10-20-23)22-17(25-13)14-6-8-15(9-7-14)21-18(24)19(2,3)4/h5-11H,12H2,1-4H3,(H,21,24). The number of carbonyl (C=O) groups excluding carboxylic acids is 1. The van der Waals surface area contributed by atoms with Gasteiger partial charge in [-0.1, -0.05) is 20.8 Å². The van der Waals surface area contributed by atoms with Gasteiger partial charge in [-0.2, -0.15) is 5.10 Å². The molecule has 130 valence electrons. The molecule has 0 saturated carbocycles. The van der Waals surface area contributed by atoms with E-state index in [0.29, 0.717) is 12.4 Å². The Hall–Kier alpha value is -2.89. The molecule has 0 spiro atoms. The van der Waals surface area contributed by atoms with Gasteiger partial charge in [0.15, 0.2) is 0 Å². The van der Waals surface area contributed by atoms with Crippen LogP contribution in [0.3, 0.4) is 0 Å². The zero-order chi connectivity index (χ0) is 18.0. The summed E-state index contributed by atoms with van der Waals surface area (Å²) < 4.78 is 7.59. The van der Waals surface area contributed by atoms with Gasteiger partial charge >= 0.3 is 0 Å². The number of aromatic nitrogens is 3. The van der Waals surface area contributed by atoms with E-state index < -0.39 is 5.41 Å². The predicted molar refractivity (Wildman–Crippen MR) is 96.1 cm³/mol. The van der Waals surface area contributed by atoms with Crippen molar-refractivity contribution in [3.8, 4) is 11.5 Å². The Bertz CT molecular complexity index is 856. The molecule has 0 bridgehead atoms. The SMILES string of the molecule is Cc1oc(-c2ccc(NC(=O)C(C)(C)C)cc2)nc1Cn1cccn1. The van der Waals surface area contributed by atoms with E-state index in [1.54, 1.807) is 10.9 Å². The smallest absolute Gasteiger partial charge is 0.229 e. The number of carbonyl (C=O) groups is 1. The van der Waals surface area contributed by atoms with E-state index in [-0.39, 0.29) is 5.91 Å². The van der Waals surface area contributed by atoms with E-state index in [1.165, 1.54) is 0 Å². The molecular formula is C19H22N4O2. The summed E-state index contributed by atoms with van der Waals surface area (Å²) in [4.78, 5) is 16.6. The van der Waals surface area contributed by atoms with Crippen molar-refractivity contribution in [2.75, 3.05) is 5.32 Å². The van der Waals surface area contributed by atoms with Crippen molar-refractivity contribution in [3.63, 3.8) is 0 Å². The quantitative estimate of drug-likeness (QED) is 0.783. The lowest BCUT2D eigenvalue weighted by Gasteiger charge is -2.17. The van der Waals surface area contributed by atoms with Crippen LogP contribution in [0, 0.1) is 12.3 Å². The van der Waals surface area contributed by atoms with E-state index in [1.807, 2.05) is 64.2 Å². The monoisotopic (exact) mass is 338 g/mol. The number of benzene rings is 1. The minimum atomic E-state index is -0.431. The van der Waals surface area contributed by atoms with Crippen LogP contribution in [0.2, 0.25) is 0 Å². The van der Waals surface area contributed by atoms with Crippen LogP contribution in [0.1, 0.15) is 32.2 Å². The van der Waals surface area contributed by atoms with Crippen LogP contribution in [0.15, 0.2) is 47.1 Å². The molecule has 2 aromatic heterocycles. The van der Waals surface area contributed by atoms with Gasteiger partial charge in [0, 0.05) is 29.1 Å². The molecular weight excluding hydrogens is 316 g/mol. The maximum absolute atomic E-state index is 12.0. The summed E-state index contributed by atoms with van der Waals surface area (Å²) in [5.41, 5.74) is 2.04. The van der Waals surface area contributed by atoms with Crippen molar-refractivity contribution in [2.24, 2.45) is 5.41 Å². The molecule has 6 heteroatoms. The maximum atomic E-state index is 12.0. The summed E-state index contributed by atoms with van der Waals surface area (Å²) in [6.45, 7) is 8.11. The number of oxazole rings is 1. The van der Waals surface area contributed by atoms with Crippen LogP contribution in [-0.2, 0) is 11.3 Å². The molecule has 25 heavy (non-hydrogen) atoms. The summed E-state index contributed by atoms with van der Waals surface area (Å²) in [6, 6.07) is 9.36. The highest BCUT2D eigenvalue weighted by molar-refractivity contribution is 5.94. The third-order valence-corrected chi connectivity index (χ3v) is 3.83. The minimum Gasteiger partial charge on any atom is -0.441 e. The van der Waals surface area contributed by atoms with Gasteiger partial charge < -0.3 is 9.73 Å². The van der Waals surface area contributed by atoms with E-state index in [4.69, 9.17) is 4.42 Å². The number of hydrogen-bond donors (Lipinski definition) is 1. The maximum Gasteiger partial charge on any atom is 0.229 e. The first-order valence-electron chi connectivity index (χ1n) is 8.18. The van der Waals surface area contributed by atoms with E-state index in [0.717, 1.165) is 22.7 Å². The average molecular weight is 338 g/mol. The number of nitrogens with zero attached hydrogens (tertiary/aromatic N) is 3. The molecule has 0 radical (unpaired) electrons. The van der Waals surface area contributed by atoms with E-state index >= 15 is 0 Å². The second-order valence-electron chi connectivity index (χ2n) is 7.01. The first-order chi connectivity index (χ1) is 11.8. The molecule has 0 unspecified atom stereocenters. The highest BCUT2D eigenvalue weighted by Crippen LogP contribution is 2.24. The molecule has 0 aliphatic carbocycles. The summed E-state index contributed by atoms with van der Waals surface area (Å²) in [6.07, 6.45) is 3.63. The van der Waals surface area contributed by atoms with Gasteiger partial charge in [-0.05, 0) is 37.3 Å². The van der Waals surface area contributed by atoms with Crippen molar-refractivity contribution in [2.45, 2.75) is 34.2 Å². The molecule has 1 N–H and O–H groups in total. The van der Waals surface area contributed by atoms with Crippen LogP contribution in [0.25, 0.3) is 11.5 Å². The third-order valence-electron chi connectivity index (χ3n) is 3.83. The Morgan fingerprint density at radius 2 is 1.96 bits per heavy atom. The van der Waals surface area contributed by atoms with Crippen molar-refractivity contribution < 1.29 is 9.21 Å². The van der Waals surface area contributed by atoms with Gasteiger partial charge in [0.2, 0.25) is 11.8 Å². The third kappa shape index (κ3) is 3.96. The molecule has 1 aromatic carbocycles. The molecule has 0 fully saturated rings. The lowest BCUT2D eigenvalue weighted by Crippen LogP contribution is -2.27. The Morgan fingerprint density at radius 3 is 2.56 bits per heavy atom. The lowest BCUT2D eigenvalue weighted by molar-refractivity contribution is -0.123.